The van der Waals surface area contributed by atoms with E-state index in [0.717, 1.165) is 25.7 Å². The molecule has 2 aliphatic rings. The van der Waals surface area contributed by atoms with Crippen LogP contribution in [0.4, 0.5) is 4.79 Å². The van der Waals surface area contributed by atoms with E-state index >= 15 is 0 Å². The Balaban J connectivity index is 1.85. The maximum Gasteiger partial charge on any atom is 0.409 e. The van der Waals surface area contributed by atoms with Crippen molar-refractivity contribution in [3.63, 3.8) is 0 Å². The van der Waals surface area contributed by atoms with Gasteiger partial charge in [0.15, 0.2) is 0 Å². The number of ether oxygens (including phenoxy) is 1. The number of hydrogen-bond donors (Lipinski definition) is 2. The minimum absolute atomic E-state index is 0.000408. The van der Waals surface area contributed by atoms with E-state index in [0.29, 0.717) is 31.5 Å². The molecule has 3 atom stereocenters. The highest BCUT2D eigenvalue weighted by molar-refractivity contribution is 5.67. The van der Waals surface area contributed by atoms with E-state index in [1.165, 1.54) is 0 Å². The van der Waals surface area contributed by atoms with Gasteiger partial charge in [0.05, 0.1) is 12.7 Å². The van der Waals surface area contributed by atoms with E-state index in [9.17, 15) is 9.90 Å². The summed E-state index contributed by atoms with van der Waals surface area (Å²) in [5.41, 5.74) is 5.99. The van der Waals surface area contributed by atoms with Crippen molar-refractivity contribution in [1.29, 1.82) is 0 Å². The molecule has 1 amide bonds. The fourth-order valence-electron chi connectivity index (χ4n) is 2.80. The lowest BCUT2D eigenvalue weighted by Crippen LogP contribution is -2.50. The van der Waals surface area contributed by atoms with Crippen molar-refractivity contribution in [2.24, 2.45) is 17.6 Å². The van der Waals surface area contributed by atoms with Gasteiger partial charge in [0.25, 0.3) is 0 Å². The van der Waals surface area contributed by atoms with Gasteiger partial charge in [-0.2, -0.15) is 0 Å². The second kappa shape index (κ2) is 5.89. The highest BCUT2D eigenvalue weighted by Gasteiger charge is 2.35. The summed E-state index contributed by atoms with van der Waals surface area (Å²) in [4.78, 5) is 13.4. The molecule has 2 fully saturated rings. The van der Waals surface area contributed by atoms with Gasteiger partial charge in [-0.15, -0.1) is 0 Å². The summed E-state index contributed by atoms with van der Waals surface area (Å²) in [6, 6.07) is -0.000408. The molecule has 1 aliphatic carbocycles. The van der Waals surface area contributed by atoms with Crippen LogP contribution in [0.3, 0.4) is 0 Å². The van der Waals surface area contributed by atoms with E-state index in [-0.39, 0.29) is 18.2 Å². The van der Waals surface area contributed by atoms with Crippen LogP contribution < -0.4 is 5.73 Å². The number of likely N-dealkylation sites (tertiary alicyclic amines) is 1. The van der Waals surface area contributed by atoms with Crippen molar-refractivity contribution in [3.8, 4) is 0 Å². The number of amides is 1. The highest BCUT2D eigenvalue weighted by Crippen LogP contribution is 2.36. The van der Waals surface area contributed by atoms with E-state index in [1.54, 1.807) is 11.8 Å². The number of carbonyl (C=O) groups is 1. The summed E-state index contributed by atoms with van der Waals surface area (Å²) in [6.07, 6.45) is 3.43. The predicted octanol–water partition coefficient (Wildman–Crippen LogP) is 0.953. The molecule has 1 saturated carbocycles. The summed E-state index contributed by atoms with van der Waals surface area (Å²) in [6.45, 7) is 3.42. The van der Waals surface area contributed by atoms with Crippen molar-refractivity contribution >= 4 is 6.09 Å². The van der Waals surface area contributed by atoms with Gasteiger partial charge >= 0.3 is 6.09 Å². The summed E-state index contributed by atoms with van der Waals surface area (Å²) >= 11 is 0. The first-order valence-electron chi connectivity index (χ1n) is 6.95. The monoisotopic (exact) mass is 256 g/mol. The first-order chi connectivity index (χ1) is 8.60. The number of rotatable bonds is 4. The maximum absolute atomic E-state index is 11.7. The maximum atomic E-state index is 11.7. The van der Waals surface area contributed by atoms with Gasteiger partial charge < -0.3 is 20.5 Å². The largest absolute Gasteiger partial charge is 0.450 e. The number of hydrogen-bond acceptors (Lipinski definition) is 4. The average molecular weight is 256 g/mol. The van der Waals surface area contributed by atoms with Gasteiger partial charge in [0.2, 0.25) is 0 Å². The molecule has 5 heteroatoms. The van der Waals surface area contributed by atoms with Crippen molar-refractivity contribution in [3.05, 3.63) is 0 Å². The molecule has 0 aromatic carbocycles. The fraction of sp³-hybridized carbons (Fsp3) is 0.923. The molecule has 2 rings (SSSR count). The van der Waals surface area contributed by atoms with Crippen LogP contribution in [0.25, 0.3) is 0 Å². The highest BCUT2D eigenvalue weighted by atomic mass is 16.6. The Kier molecular flexibility index (Phi) is 4.45. The van der Waals surface area contributed by atoms with Gasteiger partial charge in [0.1, 0.15) is 0 Å². The van der Waals surface area contributed by atoms with Crippen LogP contribution in [0, 0.1) is 11.8 Å². The lowest BCUT2D eigenvalue weighted by Gasteiger charge is -2.36. The lowest BCUT2D eigenvalue weighted by atomic mass is 9.89. The van der Waals surface area contributed by atoms with Crippen LogP contribution in [0.1, 0.15) is 32.6 Å². The molecule has 0 bridgehead atoms. The van der Waals surface area contributed by atoms with E-state index < -0.39 is 0 Å². The first kappa shape index (κ1) is 13.6. The van der Waals surface area contributed by atoms with Gasteiger partial charge in [-0.1, -0.05) is 0 Å². The molecule has 3 unspecified atom stereocenters. The second-order valence-electron chi connectivity index (χ2n) is 5.61. The normalized spacial score (nSPS) is 30.1. The zero-order chi connectivity index (χ0) is 13.1. The molecule has 1 aliphatic heterocycles. The Morgan fingerprint density at radius 3 is 2.83 bits per heavy atom. The van der Waals surface area contributed by atoms with E-state index in [4.69, 9.17) is 10.5 Å². The summed E-state index contributed by atoms with van der Waals surface area (Å²) in [7, 11) is 0. The third kappa shape index (κ3) is 3.59. The standard InChI is InChI=1S/C13H24N2O3/c1-2-18-13(17)15-7-9(5-11(14)8-15)6-12(16)10-3-4-10/h9-12,16H,2-8,14H2,1H3. The summed E-state index contributed by atoms with van der Waals surface area (Å²) in [5.74, 6) is 0.785. The molecule has 0 aromatic heterocycles. The quantitative estimate of drug-likeness (QED) is 0.785. The van der Waals surface area contributed by atoms with Gasteiger partial charge in [0, 0.05) is 19.1 Å². The van der Waals surface area contributed by atoms with Crippen LogP contribution in [0.5, 0.6) is 0 Å². The Morgan fingerprint density at radius 2 is 2.22 bits per heavy atom. The van der Waals surface area contributed by atoms with Gasteiger partial charge in [-0.25, -0.2) is 4.79 Å². The number of aliphatic hydroxyl groups excluding tert-OH is 1. The zero-order valence-corrected chi connectivity index (χ0v) is 11.0. The third-order valence-corrected chi connectivity index (χ3v) is 3.84. The van der Waals surface area contributed by atoms with Crippen molar-refractivity contribution < 1.29 is 14.6 Å². The first-order valence-corrected chi connectivity index (χ1v) is 6.95. The minimum atomic E-state index is -0.279. The van der Waals surface area contributed by atoms with Crippen LogP contribution in [0.15, 0.2) is 0 Å². The number of carbonyl (C=O) groups excluding carboxylic acids is 1. The third-order valence-electron chi connectivity index (χ3n) is 3.84. The molecular weight excluding hydrogens is 232 g/mol. The summed E-state index contributed by atoms with van der Waals surface area (Å²) < 4.78 is 5.01. The Morgan fingerprint density at radius 1 is 1.50 bits per heavy atom. The number of nitrogens with two attached hydrogens (primary N) is 1. The topological polar surface area (TPSA) is 75.8 Å². The molecule has 1 saturated heterocycles. The Bertz CT molecular complexity index is 294. The Labute approximate surface area is 108 Å². The molecule has 0 spiro atoms. The second-order valence-corrected chi connectivity index (χ2v) is 5.61. The van der Waals surface area contributed by atoms with Crippen molar-refractivity contribution in [1.82, 2.24) is 4.90 Å². The molecule has 104 valence electrons. The molecule has 5 nitrogen and oxygen atoms in total. The van der Waals surface area contributed by atoms with E-state index in [1.807, 2.05) is 0 Å². The molecule has 0 radical (unpaired) electrons. The number of piperidine rings is 1. The molecular formula is C13H24N2O3. The molecule has 1 heterocycles. The van der Waals surface area contributed by atoms with Gasteiger partial charge in [-0.05, 0) is 44.4 Å². The predicted molar refractivity (Wildman–Crippen MR) is 68.0 cm³/mol. The number of nitrogens with zero attached hydrogens (tertiary/aromatic N) is 1. The SMILES string of the molecule is CCOC(=O)N1CC(N)CC(CC(O)C2CC2)C1. The van der Waals surface area contributed by atoms with E-state index in [2.05, 4.69) is 0 Å². The van der Waals surface area contributed by atoms with Crippen LogP contribution in [-0.2, 0) is 4.74 Å². The zero-order valence-electron chi connectivity index (χ0n) is 11.0. The smallest absolute Gasteiger partial charge is 0.409 e. The van der Waals surface area contributed by atoms with Gasteiger partial charge in [-0.3, -0.25) is 0 Å². The average Bonchev–Trinajstić information content (AvgIpc) is 3.12. The van der Waals surface area contributed by atoms with Crippen molar-refractivity contribution in [2.45, 2.75) is 44.8 Å². The summed E-state index contributed by atoms with van der Waals surface area (Å²) in [5, 5.41) is 9.98. The number of aliphatic hydroxyl groups is 1. The lowest BCUT2D eigenvalue weighted by molar-refractivity contribution is 0.0615. The van der Waals surface area contributed by atoms with Crippen LogP contribution in [-0.4, -0.2) is 47.9 Å². The van der Waals surface area contributed by atoms with Crippen LogP contribution in [0.2, 0.25) is 0 Å². The fourth-order valence-corrected chi connectivity index (χ4v) is 2.80. The van der Waals surface area contributed by atoms with Crippen LogP contribution >= 0.6 is 0 Å². The molecule has 3 N–H and O–H groups in total. The molecule has 18 heavy (non-hydrogen) atoms. The van der Waals surface area contributed by atoms with Crippen molar-refractivity contribution in [2.75, 3.05) is 19.7 Å². The Hall–Kier alpha value is -0.810. The molecule has 0 aromatic rings. The minimum Gasteiger partial charge on any atom is -0.450 e.